The van der Waals surface area contributed by atoms with Crippen LogP contribution in [-0.2, 0) is 9.59 Å². The summed E-state index contributed by atoms with van der Waals surface area (Å²) in [4.78, 5) is 28.1. The first-order valence-corrected chi connectivity index (χ1v) is 8.84. The van der Waals surface area contributed by atoms with Gasteiger partial charge in [-0.25, -0.2) is 0 Å². The van der Waals surface area contributed by atoms with Crippen LogP contribution >= 0.6 is 0 Å². The van der Waals surface area contributed by atoms with Gasteiger partial charge in [-0.3, -0.25) is 14.5 Å². The summed E-state index contributed by atoms with van der Waals surface area (Å²) in [6, 6.07) is 0.186. The third-order valence-corrected chi connectivity index (χ3v) is 4.78. The van der Waals surface area contributed by atoms with Gasteiger partial charge in [-0.2, -0.15) is 0 Å². The van der Waals surface area contributed by atoms with Crippen molar-refractivity contribution >= 4 is 11.8 Å². The van der Waals surface area contributed by atoms with Crippen molar-refractivity contribution in [2.24, 2.45) is 5.92 Å². The molecular weight excluding hydrogens is 278 g/mol. The number of nitrogens with one attached hydrogen (secondary N) is 1. The average molecular weight is 309 g/mol. The van der Waals surface area contributed by atoms with Gasteiger partial charge in [0.05, 0.1) is 6.54 Å². The molecule has 1 saturated carbocycles. The standard InChI is InChI=1S/C17H31N3O2/c1-14(2)18-16(21)13-19-9-11-20(12-10-19)17(22)8-7-15-5-3-4-6-15/h14-15H,3-13H2,1-2H3,(H,18,21). The van der Waals surface area contributed by atoms with Crippen molar-refractivity contribution < 1.29 is 9.59 Å². The largest absolute Gasteiger partial charge is 0.353 e. The lowest BCUT2D eigenvalue weighted by atomic mass is 10.0. The van der Waals surface area contributed by atoms with E-state index in [1.807, 2.05) is 18.7 Å². The predicted octanol–water partition coefficient (Wildman–Crippen LogP) is 1.63. The van der Waals surface area contributed by atoms with Crippen LogP contribution in [0.25, 0.3) is 0 Å². The van der Waals surface area contributed by atoms with Gasteiger partial charge in [-0.05, 0) is 26.2 Å². The summed E-state index contributed by atoms with van der Waals surface area (Å²) in [5.74, 6) is 1.17. The quantitative estimate of drug-likeness (QED) is 0.811. The molecule has 0 aromatic rings. The second-order valence-electron chi connectivity index (χ2n) is 7.07. The summed E-state index contributed by atoms with van der Waals surface area (Å²) in [5.41, 5.74) is 0. The highest BCUT2D eigenvalue weighted by molar-refractivity contribution is 5.78. The van der Waals surface area contributed by atoms with E-state index in [1.54, 1.807) is 0 Å². The second-order valence-corrected chi connectivity index (χ2v) is 7.07. The topological polar surface area (TPSA) is 52.7 Å². The van der Waals surface area contributed by atoms with E-state index in [9.17, 15) is 9.59 Å². The van der Waals surface area contributed by atoms with Crippen molar-refractivity contribution in [2.45, 2.75) is 58.4 Å². The Labute approximate surface area is 134 Å². The number of hydrogen-bond donors (Lipinski definition) is 1. The molecule has 2 amide bonds. The number of carbonyl (C=O) groups excluding carboxylic acids is 2. The first-order valence-electron chi connectivity index (χ1n) is 8.84. The molecule has 0 unspecified atom stereocenters. The van der Waals surface area contributed by atoms with Gasteiger partial charge in [-0.15, -0.1) is 0 Å². The summed E-state index contributed by atoms with van der Waals surface area (Å²) in [6.07, 6.45) is 7.08. The maximum atomic E-state index is 12.3. The minimum atomic E-state index is 0.0796. The minimum absolute atomic E-state index is 0.0796. The number of amides is 2. The van der Waals surface area contributed by atoms with Gasteiger partial charge < -0.3 is 10.2 Å². The zero-order valence-corrected chi connectivity index (χ0v) is 14.1. The third-order valence-electron chi connectivity index (χ3n) is 4.78. The van der Waals surface area contributed by atoms with E-state index in [2.05, 4.69) is 10.2 Å². The maximum absolute atomic E-state index is 12.3. The molecule has 2 rings (SSSR count). The Morgan fingerprint density at radius 1 is 1.09 bits per heavy atom. The smallest absolute Gasteiger partial charge is 0.234 e. The zero-order valence-electron chi connectivity index (χ0n) is 14.1. The normalized spacial score (nSPS) is 20.6. The molecule has 0 spiro atoms. The molecule has 2 aliphatic rings. The number of piperazine rings is 1. The fraction of sp³-hybridized carbons (Fsp3) is 0.882. The molecule has 0 atom stereocenters. The molecule has 1 aliphatic heterocycles. The molecule has 2 fully saturated rings. The molecule has 0 aromatic carbocycles. The zero-order chi connectivity index (χ0) is 15.9. The van der Waals surface area contributed by atoms with E-state index >= 15 is 0 Å². The van der Waals surface area contributed by atoms with E-state index in [1.165, 1.54) is 25.7 Å². The third kappa shape index (κ3) is 5.59. The fourth-order valence-corrected chi connectivity index (χ4v) is 3.51. The first kappa shape index (κ1) is 17.3. The summed E-state index contributed by atoms with van der Waals surface area (Å²) >= 11 is 0. The monoisotopic (exact) mass is 309 g/mol. The first-order chi connectivity index (χ1) is 10.5. The number of carbonyl (C=O) groups is 2. The van der Waals surface area contributed by atoms with E-state index < -0.39 is 0 Å². The highest BCUT2D eigenvalue weighted by Crippen LogP contribution is 2.28. The van der Waals surface area contributed by atoms with Crippen molar-refractivity contribution in [1.82, 2.24) is 15.1 Å². The maximum Gasteiger partial charge on any atom is 0.234 e. The number of rotatable bonds is 6. The number of hydrogen-bond acceptors (Lipinski definition) is 3. The second kappa shape index (κ2) is 8.51. The molecule has 1 aliphatic carbocycles. The molecule has 1 N–H and O–H groups in total. The van der Waals surface area contributed by atoms with Crippen molar-refractivity contribution in [3.8, 4) is 0 Å². The van der Waals surface area contributed by atoms with Crippen LogP contribution in [0.3, 0.4) is 0 Å². The van der Waals surface area contributed by atoms with E-state index in [4.69, 9.17) is 0 Å². The van der Waals surface area contributed by atoms with Crippen molar-refractivity contribution in [3.05, 3.63) is 0 Å². The van der Waals surface area contributed by atoms with Crippen LogP contribution in [0.4, 0.5) is 0 Å². The summed E-state index contributed by atoms with van der Waals surface area (Å²) < 4.78 is 0. The molecule has 0 aromatic heterocycles. The van der Waals surface area contributed by atoms with E-state index in [-0.39, 0.29) is 11.9 Å². The SMILES string of the molecule is CC(C)NC(=O)CN1CCN(C(=O)CCC2CCCC2)CC1. The van der Waals surface area contributed by atoms with Crippen LogP contribution in [0, 0.1) is 5.92 Å². The minimum Gasteiger partial charge on any atom is -0.353 e. The predicted molar refractivity (Wildman–Crippen MR) is 87.5 cm³/mol. The molecule has 1 heterocycles. The molecule has 1 saturated heterocycles. The Bertz CT molecular complexity index is 370. The van der Waals surface area contributed by atoms with Crippen LogP contribution in [0.5, 0.6) is 0 Å². The van der Waals surface area contributed by atoms with Crippen molar-refractivity contribution in [3.63, 3.8) is 0 Å². The number of nitrogens with zero attached hydrogens (tertiary/aromatic N) is 2. The van der Waals surface area contributed by atoms with E-state index in [0.717, 1.165) is 38.5 Å². The lowest BCUT2D eigenvalue weighted by molar-refractivity contribution is -0.133. The lowest BCUT2D eigenvalue weighted by Crippen LogP contribution is -2.51. The molecule has 0 radical (unpaired) electrons. The van der Waals surface area contributed by atoms with E-state index in [0.29, 0.717) is 18.9 Å². The molecular formula is C17H31N3O2. The lowest BCUT2D eigenvalue weighted by Gasteiger charge is -2.34. The summed E-state index contributed by atoms with van der Waals surface area (Å²) in [7, 11) is 0. The molecule has 5 heteroatoms. The van der Waals surface area contributed by atoms with Gasteiger partial charge in [0.15, 0.2) is 0 Å². The van der Waals surface area contributed by atoms with Crippen LogP contribution < -0.4 is 5.32 Å². The van der Waals surface area contributed by atoms with Gasteiger partial charge in [0.2, 0.25) is 11.8 Å². The van der Waals surface area contributed by atoms with Gasteiger partial charge >= 0.3 is 0 Å². The van der Waals surface area contributed by atoms with Gasteiger partial charge in [-0.1, -0.05) is 25.7 Å². The van der Waals surface area contributed by atoms with Gasteiger partial charge in [0.25, 0.3) is 0 Å². The Hall–Kier alpha value is -1.10. The Balaban J connectivity index is 1.63. The van der Waals surface area contributed by atoms with Gasteiger partial charge in [0, 0.05) is 38.6 Å². The molecule has 0 bridgehead atoms. The van der Waals surface area contributed by atoms with Gasteiger partial charge in [0.1, 0.15) is 0 Å². The van der Waals surface area contributed by atoms with Crippen LogP contribution in [-0.4, -0.2) is 60.4 Å². The van der Waals surface area contributed by atoms with Crippen LogP contribution in [0.2, 0.25) is 0 Å². The Morgan fingerprint density at radius 3 is 2.32 bits per heavy atom. The van der Waals surface area contributed by atoms with Crippen LogP contribution in [0.15, 0.2) is 0 Å². The van der Waals surface area contributed by atoms with Crippen molar-refractivity contribution in [1.29, 1.82) is 0 Å². The molecule has 22 heavy (non-hydrogen) atoms. The average Bonchev–Trinajstić information content (AvgIpc) is 2.98. The molecule has 126 valence electrons. The Morgan fingerprint density at radius 2 is 1.73 bits per heavy atom. The Kier molecular flexibility index (Phi) is 6.68. The summed E-state index contributed by atoms with van der Waals surface area (Å²) in [6.45, 7) is 7.53. The molecule has 5 nitrogen and oxygen atoms in total. The van der Waals surface area contributed by atoms with Crippen LogP contribution in [0.1, 0.15) is 52.4 Å². The van der Waals surface area contributed by atoms with Crippen molar-refractivity contribution in [2.75, 3.05) is 32.7 Å². The highest BCUT2D eigenvalue weighted by atomic mass is 16.2. The summed E-state index contributed by atoms with van der Waals surface area (Å²) in [5, 5.41) is 2.91. The highest BCUT2D eigenvalue weighted by Gasteiger charge is 2.23. The fourth-order valence-electron chi connectivity index (χ4n) is 3.51.